The summed E-state index contributed by atoms with van der Waals surface area (Å²) < 4.78 is 0. The zero-order valence-corrected chi connectivity index (χ0v) is 11.7. The lowest BCUT2D eigenvalue weighted by Gasteiger charge is -2.11. The summed E-state index contributed by atoms with van der Waals surface area (Å²) in [5.41, 5.74) is 7.29. The number of nitrogens with zero attached hydrogens (tertiary/aromatic N) is 2. The summed E-state index contributed by atoms with van der Waals surface area (Å²) in [6.45, 7) is 4.25. The van der Waals surface area contributed by atoms with Gasteiger partial charge in [-0.15, -0.1) is 10.2 Å². The van der Waals surface area contributed by atoms with E-state index < -0.39 is 0 Å². The molecule has 0 saturated heterocycles. The SMILES string of the molecule is CCC(N)c1nnc(C(CC)c2ccccc2)s1. The first-order chi connectivity index (χ1) is 8.76. The van der Waals surface area contributed by atoms with Gasteiger partial charge in [0.15, 0.2) is 0 Å². The Kier molecular flexibility index (Phi) is 4.44. The molecule has 2 aromatic rings. The van der Waals surface area contributed by atoms with E-state index in [2.05, 4.69) is 48.3 Å². The lowest BCUT2D eigenvalue weighted by Crippen LogP contribution is -2.07. The molecule has 0 saturated carbocycles. The van der Waals surface area contributed by atoms with Crippen molar-refractivity contribution >= 4 is 11.3 Å². The van der Waals surface area contributed by atoms with Crippen LogP contribution in [0, 0.1) is 0 Å². The molecule has 0 aliphatic heterocycles. The van der Waals surface area contributed by atoms with Crippen LogP contribution in [-0.4, -0.2) is 10.2 Å². The van der Waals surface area contributed by atoms with Gasteiger partial charge in [0, 0.05) is 5.92 Å². The quantitative estimate of drug-likeness (QED) is 0.896. The Morgan fingerprint density at radius 1 is 1.06 bits per heavy atom. The van der Waals surface area contributed by atoms with Crippen molar-refractivity contribution in [3.05, 3.63) is 45.9 Å². The minimum atomic E-state index is 0.0181. The second-order valence-corrected chi connectivity index (χ2v) is 5.41. The number of aromatic nitrogens is 2. The second kappa shape index (κ2) is 6.07. The third kappa shape index (κ3) is 2.76. The fourth-order valence-electron chi connectivity index (χ4n) is 1.95. The lowest BCUT2D eigenvalue weighted by molar-refractivity contribution is 0.678. The maximum atomic E-state index is 6.00. The van der Waals surface area contributed by atoms with E-state index in [-0.39, 0.29) is 6.04 Å². The molecule has 0 bridgehead atoms. The Labute approximate surface area is 112 Å². The van der Waals surface area contributed by atoms with Crippen LogP contribution in [0.2, 0.25) is 0 Å². The molecular weight excluding hydrogens is 242 g/mol. The first-order valence-electron chi connectivity index (χ1n) is 6.40. The van der Waals surface area contributed by atoms with Crippen molar-refractivity contribution in [2.75, 3.05) is 0 Å². The summed E-state index contributed by atoms with van der Waals surface area (Å²) >= 11 is 1.65. The number of hydrogen-bond acceptors (Lipinski definition) is 4. The molecule has 3 nitrogen and oxygen atoms in total. The Morgan fingerprint density at radius 3 is 2.33 bits per heavy atom. The van der Waals surface area contributed by atoms with E-state index in [1.54, 1.807) is 11.3 Å². The smallest absolute Gasteiger partial charge is 0.134 e. The molecule has 0 radical (unpaired) electrons. The first kappa shape index (κ1) is 13.2. The van der Waals surface area contributed by atoms with Crippen LogP contribution < -0.4 is 5.73 Å². The van der Waals surface area contributed by atoms with E-state index in [1.807, 2.05) is 6.07 Å². The van der Waals surface area contributed by atoms with Gasteiger partial charge in [-0.1, -0.05) is 55.5 Å². The van der Waals surface area contributed by atoms with Crippen molar-refractivity contribution in [3.8, 4) is 0 Å². The van der Waals surface area contributed by atoms with E-state index in [0.717, 1.165) is 22.9 Å². The number of nitrogens with two attached hydrogens (primary N) is 1. The molecule has 18 heavy (non-hydrogen) atoms. The van der Waals surface area contributed by atoms with Crippen molar-refractivity contribution in [2.24, 2.45) is 5.73 Å². The number of hydrogen-bond donors (Lipinski definition) is 1. The molecule has 2 unspecified atom stereocenters. The molecule has 0 spiro atoms. The molecule has 1 aromatic carbocycles. The van der Waals surface area contributed by atoms with E-state index >= 15 is 0 Å². The minimum absolute atomic E-state index is 0.0181. The fourth-order valence-corrected chi connectivity index (χ4v) is 3.09. The average molecular weight is 261 g/mol. The summed E-state index contributed by atoms with van der Waals surface area (Å²) in [5.74, 6) is 0.335. The lowest BCUT2D eigenvalue weighted by atomic mass is 9.97. The van der Waals surface area contributed by atoms with Gasteiger partial charge in [0.05, 0.1) is 6.04 Å². The van der Waals surface area contributed by atoms with Gasteiger partial charge in [0.2, 0.25) is 0 Å². The zero-order valence-electron chi connectivity index (χ0n) is 10.8. The molecule has 1 aromatic heterocycles. The van der Waals surface area contributed by atoms with E-state index in [9.17, 15) is 0 Å². The van der Waals surface area contributed by atoms with E-state index in [4.69, 9.17) is 5.73 Å². The van der Waals surface area contributed by atoms with Crippen molar-refractivity contribution < 1.29 is 0 Å². The van der Waals surface area contributed by atoms with Gasteiger partial charge in [-0.2, -0.15) is 0 Å². The highest BCUT2D eigenvalue weighted by Gasteiger charge is 2.18. The van der Waals surface area contributed by atoms with Gasteiger partial charge in [-0.05, 0) is 18.4 Å². The van der Waals surface area contributed by atoms with Crippen LogP contribution in [0.4, 0.5) is 0 Å². The largest absolute Gasteiger partial charge is 0.322 e. The monoisotopic (exact) mass is 261 g/mol. The number of benzene rings is 1. The van der Waals surface area contributed by atoms with E-state index in [0.29, 0.717) is 5.92 Å². The summed E-state index contributed by atoms with van der Waals surface area (Å²) in [6, 6.07) is 10.5. The van der Waals surface area contributed by atoms with Crippen LogP contribution in [0.15, 0.2) is 30.3 Å². The highest BCUT2D eigenvalue weighted by molar-refractivity contribution is 7.11. The molecule has 2 atom stereocenters. The maximum absolute atomic E-state index is 6.00. The van der Waals surface area contributed by atoms with Crippen LogP contribution in [0.1, 0.15) is 54.2 Å². The topological polar surface area (TPSA) is 51.8 Å². The molecular formula is C14H19N3S. The van der Waals surface area contributed by atoms with Crippen LogP contribution in [0.25, 0.3) is 0 Å². The summed E-state index contributed by atoms with van der Waals surface area (Å²) in [6.07, 6.45) is 1.93. The Morgan fingerprint density at radius 2 is 1.72 bits per heavy atom. The van der Waals surface area contributed by atoms with Crippen LogP contribution in [0.3, 0.4) is 0 Å². The summed E-state index contributed by atoms with van der Waals surface area (Å²) in [5, 5.41) is 10.6. The van der Waals surface area contributed by atoms with Gasteiger partial charge in [-0.3, -0.25) is 0 Å². The number of rotatable bonds is 5. The third-order valence-electron chi connectivity index (χ3n) is 3.12. The Bertz CT molecular complexity index is 481. The predicted octanol–water partition coefficient (Wildman–Crippen LogP) is 3.49. The summed E-state index contributed by atoms with van der Waals surface area (Å²) in [4.78, 5) is 0. The Balaban J connectivity index is 2.26. The fraction of sp³-hybridized carbons (Fsp3) is 0.429. The molecule has 0 aliphatic carbocycles. The van der Waals surface area contributed by atoms with Crippen molar-refractivity contribution in [3.63, 3.8) is 0 Å². The van der Waals surface area contributed by atoms with Crippen LogP contribution >= 0.6 is 11.3 Å². The molecule has 0 amide bonds. The minimum Gasteiger partial charge on any atom is -0.322 e. The van der Waals surface area contributed by atoms with Gasteiger partial charge in [0.1, 0.15) is 10.0 Å². The standard InChI is InChI=1S/C14H19N3S/c1-3-11(10-8-6-5-7-9-10)13-16-17-14(18-13)12(15)4-2/h5-9,11-12H,3-4,15H2,1-2H3. The van der Waals surface area contributed by atoms with Crippen LogP contribution in [-0.2, 0) is 0 Å². The molecule has 2 N–H and O–H groups in total. The van der Waals surface area contributed by atoms with E-state index in [1.165, 1.54) is 5.56 Å². The van der Waals surface area contributed by atoms with Gasteiger partial charge in [-0.25, -0.2) is 0 Å². The van der Waals surface area contributed by atoms with Crippen molar-refractivity contribution in [1.29, 1.82) is 0 Å². The first-order valence-corrected chi connectivity index (χ1v) is 7.21. The molecule has 4 heteroatoms. The molecule has 1 heterocycles. The van der Waals surface area contributed by atoms with Crippen molar-refractivity contribution in [2.45, 2.75) is 38.6 Å². The third-order valence-corrected chi connectivity index (χ3v) is 4.29. The maximum Gasteiger partial charge on any atom is 0.134 e. The molecule has 0 aliphatic rings. The highest BCUT2D eigenvalue weighted by atomic mass is 32.1. The highest BCUT2D eigenvalue weighted by Crippen LogP contribution is 2.31. The van der Waals surface area contributed by atoms with Gasteiger partial charge in [0.25, 0.3) is 0 Å². The molecule has 0 fully saturated rings. The predicted molar refractivity (Wildman–Crippen MR) is 75.7 cm³/mol. The Hall–Kier alpha value is -1.26. The molecule has 2 rings (SSSR count). The zero-order chi connectivity index (χ0) is 13.0. The molecule has 96 valence electrons. The normalized spacial score (nSPS) is 14.4. The second-order valence-electron chi connectivity index (χ2n) is 4.36. The van der Waals surface area contributed by atoms with Gasteiger partial charge >= 0.3 is 0 Å². The summed E-state index contributed by atoms with van der Waals surface area (Å²) in [7, 11) is 0. The van der Waals surface area contributed by atoms with Crippen molar-refractivity contribution in [1.82, 2.24) is 10.2 Å². The van der Waals surface area contributed by atoms with Gasteiger partial charge < -0.3 is 5.73 Å². The average Bonchev–Trinajstić information content (AvgIpc) is 2.89. The van der Waals surface area contributed by atoms with Crippen LogP contribution in [0.5, 0.6) is 0 Å².